The molecule has 0 aromatic heterocycles. The van der Waals surface area contributed by atoms with Gasteiger partial charge in [0.05, 0.1) is 12.7 Å². The quantitative estimate of drug-likeness (QED) is 0.539. The summed E-state index contributed by atoms with van der Waals surface area (Å²) in [5.74, 6) is -0.776. The van der Waals surface area contributed by atoms with E-state index in [9.17, 15) is 14.4 Å². The maximum absolute atomic E-state index is 12.5. The fourth-order valence-corrected chi connectivity index (χ4v) is 2.80. The van der Waals surface area contributed by atoms with E-state index in [0.717, 1.165) is 5.56 Å². The second-order valence-electron chi connectivity index (χ2n) is 6.56. The molecule has 0 unspecified atom stereocenters. The van der Waals surface area contributed by atoms with Gasteiger partial charge in [0, 0.05) is 22.6 Å². The molecule has 3 rings (SSSR count). The van der Waals surface area contributed by atoms with E-state index in [0.29, 0.717) is 28.2 Å². The number of carbonyl (C=O) groups excluding carboxylic acids is 3. The van der Waals surface area contributed by atoms with Crippen LogP contribution in [0.2, 0.25) is 0 Å². The largest absolute Gasteiger partial charge is 0.465 e. The predicted octanol–water partition coefficient (Wildman–Crippen LogP) is 4.68. The topological polar surface area (TPSA) is 96.5 Å². The van der Waals surface area contributed by atoms with Crippen molar-refractivity contribution in [3.05, 3.63) is 89.5 Å². The highest BCUT2D eigenvalue weighted by molar-refractivity contribution is 6.06. The van der Waals surface area contributed by atoms with E-state index >= 15 is 0 Å². The van der Waals surface area contributed by atoms with Gasteiger partial charge in [-0.1, -0.05) is 24.3 Å². The number of nitrogens with one attached hydrogen (secondary N) is 3. The van der Waals surface area contributed by atoms with Crippen LogP contribution in [0.15, 0.2) is 72.8 Å². The zero-order valence-electron chi connectivity index (χ0n) is 16.6. The lowest BCUT2D eigenvalue weighted by atomic mass is 10.1. The molecule has 0 atom stereocenters. The molecule has 0 bridgehead atoms. The van der Waals surface area contributed by atoms with Crippen LogP contribution in [0.1, 0.15) is 26.3 Å². The van der Waals surface area contributed by atoms with Gasteiger partial charge >= 0.3 is 12.0 Å². The fraction of sp³-hybridized carbons (Fsp3) is 0.0870. The highest BCUT2D eigenvalue weighted by Crippen LogP contribution is 2.16. The van der Waals surface area contributed by atoms with E-state index in [1.54, 1.807) is 42.5 Å². The van der Waals surface area contributed by atoms with Crippen molar-refractivity contribution in [2.24, 2.45) is 0 Å². The number of hydrogen-bond donors (Lipinski definition) is 3. The number of ether oxygens (including phenoxy) is 1. The third kappa shape index (κ3) is 5.45. The summed E-state index contributed by atoms with van der Waals surface area (Å²) in [4.78, 5) is 36.4. The van der Waals surface area contributed by atoms with Gasteiger partial charge in [0.1, 0.15) is 0 Å². The highest BCUT2D eigenvalue weighted by atomic mass is 16.5. The zero-order chi connectivity index (χ0) is 21.5. The van der Waals surface area contributed by atoms with Crippen molar-refractivity contribution >= 4 is 35.0 Å². The summed E-state index contributed by atoms with van der Waals surface area (Å²) in [5.41, 5.74) is 3.35. The first-order valence-corrected chi connectivity index (χ1v) is 9.19. The van der Waals surface area contributed by atoms with Crippen molar-refractivity contribution in [3.8, 4) is 0 Å². The molecule has 7 nitrogen and oxygen atoms in total. The number of aryl methyl sites for hydroxylation is 1. The number of esters is 1. The average Bonchev–Trinajstić information content (AvgIpc) is 2.73. The van der Waals surface area contributed by atoms with Gasteiger partial charge in [0.25, 0.3) is 5.91 Å². The van der Waals surface area contributed by atoms with Crippen LogP contribution >= 0.6 is 0 Å². The second-order valence-corrected chi connectivity index (χ2v) is 6.56. The number of carbonyl (C=O) groups is 3. The van der Waals surface area contributed by atoms with Gasteiger partial charge in [-0.05, 0) is 61.0 Å². The minimum absolute atomic E-state index is 0.282. The highest BCUT2D eigenvalue weighted by Gasteiger charge is 2.10. The van der Waals surface area contributed by atoms with E-state index < -0.39 is 12.0 Å². The van der Waals surface area contributed by atoms with Gasteiger partial charge in [-0.3, -0.25) is 4.79 Å². The summed E-state index contributed by atoms with van der Waals surface area (Å²) in [5, 5.41) is 8.15. The maximum Gasteiger partial charge on any atom is 0.337 e. The summed E-state index contributed by atoms with van der Waals surface area (Å²) in [6, 6.07) is 20.0. The molecule has 0 radical (unpaired) electrons. The Morgan fingerprint density at radius 2 is 1.23 bits per heavy atom. The Morgan fingerprint density at radius 3 is 1.83 bits per heavy atom. The Hall–Kier alpha value is -4.13. The van der Waals surface area contributed by atoms with Gasteiger partial charge in [0.15, 0.2) is 0 Å². The summed E-state index contributed by atoms with van der Waals surface area (Å²) in [7, 11) is 1.29. The Morgan fingerprint density at radius 1 is 0.700 bits per heavy atom. The molecular weight excluding hydrogens is 382 g/mol. The van der Waals surface area contributed by atoms with Crippen LogP contribution in [-0.2, 0) is 4.74 Å². The maximum atomic E-state index is 12.5. The van der Waals surface area contributed by atoms with Crippen molar-refractivity contribution in [1.29, 1.82) is 0 Å². The fourth-order valence-electron chi connectivity index (χ4n) is 2.80. The molecule has 3 N–H and O–H groups in total. The van der Waals surface area contributed by atoms with Crippen LogP contribution in [0.3, 0.4) is 0 Å². The molecule has 3 aromatic carbocycles. The van der Waals surface area contributed by atoms with Crippen molar-refractivity contribution in [1.82, 2.24) is 0 Å². The van der Waals surface area contributed by atoms with Gasteiger partial charge in [-0.25, -0.2) is 9.59 Å². The van der Waals surface area contributed by atoms with E-state index in [-0.39, 0.29) is 5.91 Å². The van der Waals surface area contributed by atoms with Gasteiger partial charge < -0.3 is 20.7 Å². The van der Waals surface area contributed by atoms with E-state index in [1.165, 1.54) is 13.2 Å². The number of rotatable bonds is 5. The van der Waals surface area contributed by atoms with Gasteiger partial charge in [-0.2, -0.15) is 0 Å². The monoisotopic (exact) mass is 403 g/mol. The summed E-state index contributed by atoms with van der Waals surface area (Å²) in [6.07, 6.45) is 0. The molecule has 7 heteroatoms. The molecule has 0 aliphatic rings. The lowest BCUT2D eigenvalue weighted by Crippen LogP contribution is -2.20. The van der Waals surface area contributed by atoms with Crippen LogP contribution in [0.25, 0.3) is 0 Å². The Labute approximate surface area is 174 Å². The molecule has 0 aliphatic carbocycles. The molecule has 0 spiro atoms. The molecule has 0 heterocycles. The summed E-state index contributed by atoms with van der Waals surface area (Å²) < 4.78 is 4.67. The van der Waals surface area contributed by atoms with Crippen LogP contribution in [0.4, 0.5) is 21.9 Å². The Balaban J connectivity index is 1.65. The number of amides is 3. The molecule has 0 fully saturated rings. The normalized spacial score (nSPS) is 10.1. The average molecular weight is 403 g/mol. The van der Waals surface area contributed by atoms with Crippen molar-refractivity contribution in [2.75, 3.05) is 23.1 Å². The Kier molecular flexibility index (Phi) is 6.44. The lowest BCUT2D eigenvalue weighted by Gasteiger charge is -2.10. The van der Waals surface area contributed by atoms with Crippen molar-refractivity contribution in [3.63, 3.8) is 0 Å². The predicted molar refractivity (Wildman–Crippen MR) is 116 cm³/mol. The molecule has 0 aliphatic heterocycles. The standard InChI is InChI=1S/C23H21N3O4/c1-15-6-3-9-18(12-15)24-21(27)16-7-4-10-19(13-16)25-23(29)26-20-11-5-8-17(14-20)22(28)30-2/h3-14H,1-2H3,(H,24,27)(H2,25,26,29). The van der Waals surface area contributed by atoms with Gasteiger partial charge in [-0.15, -0.1) is 0 Å². The smallest absolute Gasteiger partial charge is 0.337 e. The number of urea groups is 1. The summed E-state index contributed by atoms with van der Waals surface area (Å²) in [6.45, 7) is 1.94. The number of methoxy groups -OCH3 is 1. The first-order valence-electron chi connectivity index (χ1n) is 9.19. The van der Waals surface area contributed by atoms with E-state index in [2.05, 4.69) is 20.7 Å². The molecule has 3 aromatic rings. The SMILES string of the molecule is COC(=O)c1cccc(NC(=O)Nc2cccc(C(=O)Nc3cccc(C)c3)c2)c1. The van der Waals surface area contributed by atoms with E-state index in [4.69, 9.17) is 0 Å². The molecule has 152 valence electrons. The third-order valence-corrected chi connectivity index (χ3v) is 4.20. The Bertz CT molecular complexity index is 1100. The molecule has 0 saturated carbocycles. The zero-order valence-corrected chi connectivity index (χ0v) is 16.6. The van der Waals surface area contributed by atoms with Crippen LogP contribution < -0.4 is 16.0 Å². The number of benzene rings is 3. The number of anilines is 3. The first kappa shape index (κ1) is 20.6. The van der Waals surface area contributed by atoms with E-state index in [1.807, 2.05) is 31.2 Å². The number of hydrogen-bond acceptors (Lipinski definition) is 4. The van der Waals surface area contributed by atoms with Crippen LogP contribution in [0, 0.1) is 6.92 Å². The van der Waals surface area contributed by atoms with Crippen molar-refractivity contribution in [2.45, 2.75) is 6.92 Å². The second kappa shape index (κ2) is 9.38. The minimum Gasteiger partial charge on any atom is -0.465 e. The van der Waals surface area contributed by atoms with Crippen molar-refractivity contribution < 1.29 is 19.1 Å². The first-order chi connectivity index (χ1) is 14.4. The molecular formula is C23H21N3O4. The lowest BCUT2D eigenvalue weighted by molar-refractivity contribution is 0.0600. The molecule has 3 amide bonds. The van der Waals surface area contributed by atoms with Crippen LogP contribution in [-0.4, -0.2) is 25.0 Å². The minimum atomic E-state index is -0.506. The molecule has 0 saturated heterocycles. The molecule has 30 heavy (non-hydrogen) atoms. The van der Waals surface area contributed by atoms with Gasteiger partial charge in [0.2, 0.25) is 0 Å². The van der Waals surface area contributed by atoms with Crippen LogP contribution in [0.5, 0.6) is 0 Å². The third-order valence-electron chi connectivity index (χ3n) is 4.20. The summed E-state index contributed by atoms with van der Waals surface area (Å²) >= 11 is 0.